The van der Waals surface area contributed by atoms with Crippen LogP contribution in [0.3, 0.4) is 0 Å². The molecule has 264 valence electrons. The molecule has 14 heteroatoms. The second kappa shape index (κ2) is 13.7. The number of alkyl halides is 6. The minimum absolute atomic E-state index is 0.0234. The Morgan fingerprint density at radius 2 is 1.56 bits per heavy atom. The van der Waals surface area contributed by atoms with Crippen LogP contribution in [0.2, 0.25) is 0 Å². The Morgan fingerprint density at radius 1 is 0.900 bits per heavy atom. The number of ether oxygens (including phenoxy) is 2. The van der Waals surface area contributed by atoms with Gasteiger partial charge in [-0.1, -0.05) is 67.4 Å². The predicted octanol–water partition coefficient (Wildman–Crippen LogP) is 7.99. The predicted molar refractivity (Wildman–Crippen MR) is 169 cm³/mol. The second-order valence-electron chi connectivity index (χ2n) is 12.1. The number of nitrogens with zero attached hydrogens (tertiary/aromatic N) is 2. The zero-order chi connectivity index (χ0) is 36.5. The number of hydrogen-bond acceptors (Lipinski definition) is 6. The third-order valence-corrected chi connectivity index (χ3v) is 8.37. The van der Waals surface area contributed by atoms with E-state index in [1.807, 2.05) is 31.2 Å². The summed E-state index contributed by atoms with van der Waals surface area (Å²) in [6.07, 6.45) is -11.7. The summed E-state index contributed by atoms with van der Waals surface area (Å²) >= 11 is 0. The molecule has 1 atom stereocenters. The molecule has 0 radical (unpaired) electrons. The van der Waals surface area contributed by atoms with Gasteiger partial charge in [-0.05, 0) is 67.3 Å². The Labute approximate surface area is 283 Å². The molecule has 4 aromatic rings. The molecule has 3 amide bonds. The summed E-state index contributed by atoms with van der Waals surface area (Å²) in [5, 5.41) is 12.6. The average Bonchev–Trinajstić information content (AvgIpc) is 3.28. The van der Waals surface area contributed by atoms with Crippen LogP contribution in [0.5, 0.6) is 17.4 Å². The number of rotatable bonds is 11. The number of aliphatic hydroxyl groups is 1. The maximum Gasteiger partial charge on any atom is 0.430 e. The summed E-state index contributed by atoms with van der Waals surface area (Å²) in [5.74, 6) is -0.154. The van der Waals surface area contributed by atoms with Crippen molar-refractivity contribution in [1.82, 2.24) is 15.2 Å². The molecule has 0 aliphatic carbocycles. The van der Waals surface area contributed by atoms with Gasteiger partial charge in [-0.25, -0.2) is 9.78 Å². The molecular formula is C36H33F6N3O5. The number of urea groups is 1. The minimum Gasteiger partial charge on any atom is -0.489 e. The summed E-state index contributed by atoms with van der Waals surface area (Å²) in [6.45, 7) is 5.31. The standard InChI is InChI=1S/C36H33F6N3O5/c1-4-6-24-19-26(34(48,35(37,38)39)36(40,41)42)15-18-29(24)50-30-8-5-7-27(43-30)20-45-31(46)33(3,44-32(45)47)25-13-16-28(17-14-25)49-21-23-11-9-22(2)10-12-23/h5,7-19,48H,4,6,20-21H2,1-3H3,(H,44,47). The topological polar surface area (TPSA) is 101 Å². The van der Waals surface area contributed by atoms with E-state index in [1.54, 1.807) is 38.1 Å². The van der Waals surface area contributed by atoms with Crippen LogP contribution in [0.25, 0.3) is 0 Å². The first-order valence-corrected chi connectivity index (χ1v) is 15.5. The van der Waals surface area contributed by atoms with Crippen LogP contribution in [0.1, 0.15) is 53.8 Å². The zero-order valence-electron chi connectivity index (χ0n) is 27.2. The van der Waals surface area contributed by atoms with Crippen molar-refractivity contribution in [3.8, 4) is 17.4 Å². The van der Waals surface area contributed by atoms with Crippen LogP contribution in [0, 0.1) is 6.92 Å². The van der Waals surface area contributed by atoms with Gasteiger partial charge in [0.15, 0.2) is 0 Å². The minimum atomic E-state index is -6.04. The first kappa shape index (κ1) is 36.2. The zero-order valence-corrected chi connectivity index (χ0v) is 27.2. The molecule has 1 saturated heterocycles. The molecule has 2 heterocycles. The van der Waals surface area contributed by atoms with Gasteiger partial charge >= 0.3 is 18.4 Å². The lowest BCUT2D eigenvalue weighted by molar-refractivity contribution is -0.376. The van der Waals surface area contributed by atoms with Gasteiger partial charge in [-0.15, -0.1) is 0 Å². The quantitative estimate of drug-likeness (QED) is 0.122. The molecule has 1 aliphatic heterocycles. The molecule has 1 unspecified atom stereocenters. The Morgan fingerprint density at radius 3 is 2.18 bits per heavy atom. The van der Waals surface area contributed by atoms with Gasteiger partial charge in [0.2, 0.25) is 5.88 Å². The Kier molecular flexibility index (Phi) is 9.88. The lowest BCUT2D eigenvalue weighted by Gasteiger charge is -2.33. The van der Waals surface area contributed by atoms with E-state index >= 15 is 0 Å². The van der Waals surface area contributed by atoms with Crippen LogP contribution in [-0.4, -0.2) is 39.3 Å². The van der Waals surface area contributed by atoms with Crippen molar-refractivity contribution in [2.24, 2.45) is 0 Å². The maximum atomic E-state index is 13.6. The molecule has 2 N–H and O–H groups in total. The maximum absolute atomic E-state index is 13.6. The molecule has 8 nitrogen and oxygen atoms in total. The fourth-order valence-electron chi connectivity index (χ4n) is 5.51. The number of benzene rings is 3. The highest BCUT2D eigenvalue weighted by Crippen LogP contribution is 2.50. The monoisotopic (exact) mass is 701 g/mol. The number of amides is 3. The summed E-state index contributed by atoms with van der Waals surface area (Å²) in [6, 6.07) is 20.4. The number of aryl methyl sites for hydroxylation is 2. The van der Waals surface area contributed by atoms with Crippen molar-refractivity contribution < 1.29 is 50.5 Å². The largest absolute Gasteiger partial charge is 0.489 e. The van der Waals surface area contributed by atoms with Crippen molar-refractivity contribution in [2.45, 2.75) is 70.3 Å². The van der Waals surface area contributed by atoms with E-state index in [9.17, 15) is 41.0 Å². The van der Waals surface area contributed by atoms with Gasteiger partial charge in [0.05, 0.1) is 12.2 Å². The average molecular weight is 702 g/mol. The van der Waals surface area contributed by atoms with Crippen LogP contribution in [0.15, 0.2) is 84.9 Å². The van der Waals surface area contributed by atoms with Gasteiger partial charge in [0.25, 0.3) is 11.5 Å². The smallest absolute Gasteiger partial charge is 0.430 e. The Hall–Kier alpha value is -5.11. The number of aromatic nitrogens is 1. The Bertz CT molecular complexity index is 1850. The molecule has 0 bridgehead atoms. The summed E-state index contributed by atoms with van der Waals surface area (Å²) in [5.41, 5.74) is -5.06. The summed E-state index contributed by atoms with van der Waals surface area (Å²) in [7, 11) is 0. The number of pyridine rings is 1. The van der Waals surface area contributed by atoms with Crippen LogP contribution in [-0.2, 0) is 35.5 Å². The first-order chi connectivity index (χ1) is 23.5. The number of nitrogens with one attached hydrogen (secondary N) is 1. The molecule has 1 fully saturated rings. The Balaban J connectivity index is 1.30. The fraction of sp³-hybridized carbons (Fsp3) is 0.306. The van der Waals surface area contributed by atoms with Crippen molar-refractivity contribution in [1.29, 1.82) is 0 Å². The van der Waals surface area contributed by atoms with Crippen LogP contribution in [0.4, 0.5) is 31.1 Å². The third-order valence-electron chi connectivity index (χ3n) is 8.37. The van der Waals surface area contributed by atoms with Crippen molar-refractivity contribution in [2.75, 3.05) is 0 Å². The number of carbonyl (C=O) groups is 2. The molecule has 0 spiro atoms. The molecule has 0 saturated carbocycles. The van der Waals surface area contributed by atoms with E-state index in [-0.39, 0.29) is 35.9 Å². The highest BCUT2D eigenvalue weighted by molar-refractivity contribution is 6.07. The van der Waals surface area contributed by atoms with Crippen molar-refractivity contribution in [3.63, 3.8) is 0 Å². The van der Waals surface area contributed by atoms with Crippen molar-refractivity contribution in [3.05, 3.63) is 118 Å². The highest BCUT2D eigenvalue weighted by atomic mass is 19.4. The van der Waals surface area contributed by atoms with Crippen LogP contribution >= 0.6 is 0 Å². The van der Waals surface area contributed by atoms with Crippen molar-refractivity contribution >= 4 is 11.9 Å². The lowest BCUT2D eigenvalue weighted by Crippen LogP contribution is -2.53. The summed E-state index contributed by atoms with van der Waals surface area (Å²) in [4.78, 5) is 31.9. The molecule has 3 aromatic carbocycles. The van der Waals surface area contributed by atoms with Gasteiger partial charge in [-0.2, -0.15) is 26.3 Å². The molecule has 1 aliphatic rings. The highest BCUT2D eigenvalue weighted by Gasteiger charge is 2.71. The van der Waals surface area contributed by atoms with Gasteiger partial charge in [0, 0.05) is 11.6 Å². The second-order valence-corrected chi connectivity index (χ2v) is 12.1. The molecular weight excluding hydrogens is 668 g/mol. The van der Waals surface area contributed by atoms with E-state index in [0.717, 1.165) is 22.1 Å². The normalized spacial score (nSPS) is 16.8. The molecule has 1 aromatic heterocycles. The van der Waals surface area contributed by atoms with Gasteiger partial charge in [-0.3, -0.25) is 9.69 Å². The number of imide groups is 1. The first-order valence-electron chi connectivity index (χ1n) is 15.5. The molecule has 5 rings (SSSR count). The van der Waals surface area contributed by atoms with E-state index in [0.29, 0.717) is 36.5 Å². The van der Waals surface area contributed by atoms with E-state index in [4.69, 9.17) is 9.47 Å². The fourth-order valence-corrected chi connectivity index (χ4v) is 5.51. The van der Waals surface area contributed by atoms with Gasteiger partial charge < -0.3 is 19.9 Å². The number of carbonyl (C=O) groups excluding carboxylic acids is 2. The van der Waals surface area contributed by atoms with E-state index < -0.39 is 41.0 Å². The number of halogens is 6. The van der Waals surface area contributed by atoms with Crippen LogP contribution < -0.4 is 14.8 Å². The van der Waals surface area contributed by atoms with E-state index in [1.165, 1.54) is 18.2 Å². The summed E-state index contributed by atoms with van der Waals surface area (Å²) < 4.78 is 92.6. The van der Waals surface area contributed by atoms with E-state index in [2.05, 4.69) is 10.3 Å². The SMILES string of the molecule is CCCc1cc(C(O)(C(F)(F)F)C(F)(F)F)ccc1Oc1cccc(CN2C(=O)NC(C)(c3ccc(OCc4ccc(C)cc4)cc3)C2=O)n1. The third kappa shape index (κ3) is 7.11. The lowest BCUT2D eigenvalue weighted by atomic mass is 9.90. The number of hydrogen-bond donors (Lipinski definition) is 2. The van der Waals surface area contributed by atoms with Gasteiger partial charge in [0.1, 0.15) is 23.6 Å². The molecule has 50 heavy (non-hydrogen) atoms.